The molecule has 0 aliphatic carbocycles. The fraction of sp³-hybridized carbons (Fsp3) is 0.200. The van der Waals surface area contributed by atoms with Gasteiger partial charge in [0.15, 0.2) is 5.75 Å². The van der Waals surface area contributed by atoms with Gasteiger partial charge in [-0.25, -0.2) is 5.26 Å². The number of benzene rings is 13. The first-order chi connectivity index (χ1) is 55.0. The molecule has 0 aliphatic heterocycles. The number of alkyl halides is 6. The maximum atomic E-state index is 13.7. The van der Waals surface area contributed by atoms with E-state index >= 15 is 0 Å². The summed E-state index contributed by atoms with van der Waals surface area (Å²) in [5.74, 6) is 2.38. The van der Waals surface area contributed by atoms with Gasteiger partial charge < -0.3 is 35.2 Å². The van der Waals surface area contributed by atoms with Crippen LogP contribution in [0.1, 0.15) is 154 Å². The Morgan fingerprint density at radius 2 is 0.595 bits per heavy atom. The Hall–Kier alpha value is -11.7. The summed E-state index contributed by atoms with van der Waals surface area (Å²) in [7, 11) is 1.66. The van der Waals surface area contributed by atoms with Crippen molar-refractivity contribution in [2.75, 3.05) is 7.11 Å². The number of ether oxygens (including phenoxy) is 1. The first-order valence-electron chi connectivity index (χ1n) is 37.6. The summed E-state index contributed by atoms with van der Waals surface area (Å²) in [6.07, 6.45) is -10.2. The molecular weight excluding hydrogens is 1510 g/mol. The SMILES string of the molecule is CCC(C)(c1ccc(C)cc1)c1ccc(O)cc1.COc1ccc(C(C)(C)c2ccc(OO)cc2)cc1.Cc1ccc(C(=C(Cl)Cl)c2ccc(O)cc2)cc1.Cc1ccc(C(C)(c2ccccc2)c2ccc(O)cc2)cc1.Cc1ccc(C(C)c2ccc(O)cc2)cc1.Cc1ccc(C(c2ccc(O)cc2)(C(F)(F)F)C(F)(F)F)cc1. The van der Waals surface area contributed by atoms with Crippen molar-refractivity contribution in [3.63, 3.8) is 0 Å². The van der Waals surface area contributed by atoms with Gasteiger partial charge in [0.2, 0.25) is 5.41 Å². The molecule has 3 atom stereocenters. The van der Waals surface area contributed by atoms with Crippen molar-refractivity contribution in [2.24, 2.45) is 0 Å². The summed E-state index contributed by atoms with van der Waals surface area (Å²) in [5, 5.41) is 55.3. The molecule has 0 saturated carbocycles. The average molecular weight is 1610 g/mol. The van der Waals surface area contributed by atoms with E-state index < -0.39 is 34.6 Å². The van der Waals surface area contributed by atoms with E-state index in [9.17, 15) is 51.9 Å². The molecule has 0 amide bonds. The maximum Gasteiger partial charge on any atom is 0.411 e. The number of halogens is 8. The lowest BCUT2D eigenvalue weighted by atomic mass is 9.71. The number of methoxy groups -OCH3 is 1. The second-order valence-corrected chi connectivity index (χ2v) is 30.4. The highest BCUT2D eigenvalue weighted by molar-refractivity contribution is 6.59. The molecule has 116 heavy (non-hydrogen) atoms. The maximum absolute atomic E-state index is 13.7. The largest absolute Gasteiger partial charge is 0.508 e. The Labute approximate surface area is 687 Å². The first kappa shape index (κ1) is 89.9. The third-order valence-corrected chi connectivity index (χ3v) is 21.5. The summed E-state index contributed by atoms with van der Waals surface area (Å²) >= 11 is 11.9. The molecule has 0 aliphatic rings. The van der Waals surface area contributed by atoms with Crippen LogP contribution in [-0.4, -0.2) is 50.3 Å². The van der Waals surface area contributed by atoms with Gasteiger partial charge in [0, 0.05) is 27.7 Å². The van der Waals surface area contributed by atoms with E-state index in [1.165, 1.54) is 78.9 Å². The van der Waals surface area contributed by atoms with E-state index in [1.54, 1.807) is 86.8 Å². The molecule has 0 heterocycles. The molecule has 602 valence electrons. The van der Waals surface area contributed by atoms with Crippen LogP contribution in [0, 0.1) is 34.6 Å². The van der Waals surface area contributed by atoms with Crippen LogP contribution in [0.5, 0.6) is 40.2 Å². The van der Waals surface area contributed by atoms with Crippen LogP contribution in [-0.2, 0) is 21.7 Å². The first-order valence-corrected chi connectivity index (χ1v) is 38.4. The quantitative estimate of drug-likeness (QED) is 0.0243. The molecule has 6 N–H and O–H groups in total. The zero-order chi connectivity index (χ0) is 84.8. The van der Waals surface area contributed by atoms with E-state index in [2.05, 4.69) is 176 Å². The molecule has 0 bridgehead atoms. The van der Waals surface area contributed by atoms with Crippen LogP contribution in [0.25, 0.3) is 5.57 Å². The van der Waals surface area contributed by atoms with Crippen LogP contribution in [0.4, 0.5) is 26.3 Å². The number of hydrogen-bond acceptors (Lipinski definition) is 8. The van der Waals surface area contributed by atoms with Crippen molar-refractivity contribution >= 4 is 28.8 Å². The lowest BCUT2D eigenvalue weighted by Crippen LogP contribution is -2.54. The Kier molecular flexibility index (Phi) is 31.0. The van der Waals surface area contributed by atoms with Gasteiger partial charge in [-0.15, -0.1) is 0 Å². The Bertz CT molecular complexity index is 4900. The third kappa shape index (κ3) is 22.7. The number of aryl methyl sites for hydroxylation is 5. The van der Waals surface area contributed by atoms with Gasteiger partial charge in [0.05, 0.1) is 7.11 Å². The van der Waals surface area contributed by atoms with E-state index in [4.69, 9.17) is 33.2 Å². The number of hydrogen-bond donors (Lipinski definition) is 6. The third-order valence-electron chi connectivity index (χ3n) is 21.1. The van der Waals surface area contributed by atoms with Crippen molar-refractivity contribution in [2.45, 2.75) is 123 Å². The normalized spacial score (nSPS) is 12.5. The van der Waals surface area contributed by atoms with E-state index in [-0.39, 0.29) is 26.5 Å². The van der Waals surface area contributed by atoms with Crippen LogP contribution >= 0.6 is 23.2 Å². The van der Waals surface area contributed by atoms with Crippen LogP contribution in [0.2, 0.25) is 0 Å². The molecule has 0 radical (unpaired) electrons. The number of rotatable bonds is 16. The molecule has 16 heteroatoms. The fourth-order valence-electron chi connectivity index (χ4n) is 13.4. The van der Waals surface area contributed by atoms with E-state index in [0.717, 1.165) is 58.7 Å². The topological polar surface area (TPSA) is 140 Å². The minimum Gasteiger partial charge on any atom is -0.508 e. The van der Waals surface area contributed by atoms with Crippen molar-refractivity contribution in [1.29, 1.82) is 0 Å². The van der Waals surface area contributed by atoms with Gasteiger partial charge in [0.25, 0.3) is 0 Å². The fourth-order valence-corrected chi connectivity index (χ4v) is 13.9. The zero-order valence-corrected chi connectivity index (χ0v) is 68.4. The second kappa shape index (κ2) is 40.1. The molecule has 13 aromatic carbocycles. The standard InChI is InChI=1S/C21H20O.C17H20O.C16H12F6O.C16H18O3.C15H12Cl2O.C15H16O/c1-16-8-10-18(11-9-16)21(2,17-6-4-3-5-7-17)19-12-14-20(22)15-13-19;1-4-17(3,14-7-5-13(2)6-8-14)15-9-11-16(18)12-10-15;1-10-2-4-11(5-3-10)14(15(17,18)19,16(20,21)22)12-6-8-13(23)9-7-12;1-16(2,12-4-8-14(18-3)9-5-12)13-6-10-15(19-17)11-7-13;1-10-2-4-11(5-3-10)14(15(16)17)12-6-8-13(18)9-7-12;1-11-3-5-13(6-4-11)12(2)14-7-9-15(16)10-8-14/h3-15,22H,1-2H3;5-12,18H,4H2,1-3H3;2-9,23H,1H3;4-11,17H,1-3H3;2-9,18H,1H3;3-10,12,16H,1-2H3. The highest BCUT2D eigenvalue weighted by atomic mass is 35.5. The van der Waals surface area contributed by atoms with Crippen LogP contribution in [0.15, 0.2) is 326 Å². The molecule has 13 rings (SSSR count). The van der Waals surface area contributed by atoms with Gasteiger partial charge in [-0.05, 0) is 205 Å². The summed E-state index contributed by atoms with van der Waals surface area (Å²) < 4.78 is 87.4. The van der Waals surface area contributed by atoms with Gasteiger partial charge in [0.1, 0.15) is 39.0 Å². The minimum absolute atomic E-state index is 0.00139. The highest BCUT2D eigenvalue weighted by Crippen LogP contribution is 2.56. The van der Waals surface area contributed by atoms with Gasteiger partial charge >= 0.3 is 12.4 Å². The Morgan fingerprint density at radius 1 is 0.336 bits per heavy atom. The van der Waals surface area contributed by atoms with Gasteiger partial charge in [-0.2, -0.15) is 26.3 Å². The van der Waals surface area contributed by atoms with Crippen LogP contribution in [0.3, 0.4) is 0 Å². The molecular formula is C100H98Cl2F6O8. The lowest BCUT2D eigenvalue weighted by molar-refractivity contribution is -0.288. The van der Waals surface area contributed by atoms with E-state index in [0.29, 0.717) is 46.6 Å². The molecule has 0 aromatic heterocycles. The summed E-state index contributed by atoms with van der Waals surface area (Å²) in [5.41, 5.74) is 12.7. The minimum atomic E-state index is -5.61. The van der Waals surface area contributed by atoms with Crippen molar-refractivity contribution in [1.82, 2.24) is 0 Å². The number of phenolic OH excluding ortho intramolecular Hbond substituents is 5. The predicted octanol–water partition coefficient (Wildman–Crippen LogP) is 27.2. The second-order valence-electron chi connectivity index (χ2n) is 29.4. The Morgan fingerprint density at radius 3 is 0.931 bits per heavy atom. The molecule has 0 fully saturated rings. The summed E-state index contributed by atoms with van der Waals surface area (Å²) in [4.78, 5) is 4.20. The Balaban J connectivity index is 0.000000175. The average Bonchev–Trinajstić information content (AvgIpc) is 0.715. The smallest absolute Gasteiger partial charge is 0.411 e. The molecule has 0 saturated heterocycles. The predicted molar refractivity (Wildman–Crippen MR) is 458 cm³/mol. The molecule has 3 unspecified atom stereocenters. The lowest BCUT2D eigenvalue weighted by Gasteiger charge is -2.38. The molecule has 8 nitrogen and oxygen atoms in total. The summed E-state index contributed by atoms with van der Waals surface area (Å²) in [6, 6.07) is 96.1. The van der Waals surface area contributed by atoms with Gasteiger partial charge in [-0.3, -0.25) is 0 Å². The number of phenols is 5. The van der Waals surface area contributed by atoms with Crippen molar-refractivity contribution in [3.05, 3.63) is 426 Å². The number of aromatic hydroxyl groups is 5. The highest BCUT2D eigenvalue weighted by Gasteiger charge is 2.72. The van der Waals surface area contributed by atoms with E-state index in [1.807, 2.05) is 97.9 Å². The van der Waals surface area contributed by atoms with Crippen LogP contribution < -0.4 is 9.62 Å². The zero-order valence-electron chi connectivity index (χ0n) is 66.9. The van der Waals surface area contributed by atoms with Crippen molar-refractivity contribution in [3.8, 4) is 40.2 Å². The summed E-state index contributed by atoms with van der Waals surface area (Å²) in [6.45, 7) is 23.1. The van der Waals surface area contributed by atoms with Gasteiger partial charge in [-0.1, -0.05) is 322 Å². The molecule has 0 spiro atoms. The van der Waals surface area contributed by atoms with Crippen molar-refractivity contribution < 1.29 is 66.8 Å². The monoisotopic (exact) mass is 1610 g/mol. The molecule has 13 aromatic rings.